The summed E-state index contributed by atoms with van der Waals surface area (Å²) in [6.07, 6.45) is 1.47. The molecule has 3 N–H and O–H groups in total. The van der Waals surface area contributed by atoms with Crippen molar-refractivity contribution in [3.63, 3.8) is 0 Å². The molecule has 2 fully saturated rings. The third-order valence-corrected chi connectivity index (χ3v) is 6.74. The summed E-state index contributed by atoms with van der Waals surface area (Å²) in [6, 6.07) is -0.440. The Hall–Kier alpha value is -1.11. The van der Waals surface area contributed by atoms with Crippen molar-refractivity contribution in [3.8, 4) is 0 Å². The molecule has 2 aliphatic rings. The van der Waals surface area contributed by atoms with Crippen LogP contribution in [-0.4, -0.2) is 74.9 Å². The SMILES string of the molecule is CCS(=O)(=O)CCNC(=NC)N1CCC(C2(C)NC(=O)NC2=O)CC1.I. The van der Waals surface area contributed by atoms with Gasteiger partial charge in [0.05, 0.1) is 5.75 Å². The first-order valence-electron chi connectivity index (χ1n) is 8.51. The highest BCUT2D eigenvalue weighted by atomic mass is 127. The van der Waals surface area contributed by atoms with E-state index in [0.29, 0.717) is 25.6 Å². The zero-order valence-electron chi connectivity index (χ0n) is 15.4. The Morgan fingerprint density at radius 2 is 1.96 bits per heavy atom. The molecular weight excluding hydrogens is 473 g/mol. The third kappa shape index (κ3) is 5.21. The van der Waals surface area contributed by atoms with E-state index in [1.165, 1.54) is 0 Å². The van der Waals surface area contributed by atoms with Crippen molar-refractivity contribution >= 4 is 51.7 Å². The number of likely N-dealkylation sites (tertiary alicyclic amines) is 1. The number of nitrogens with zero attached hydrogens (tertiary/aromatic N) is 2. The molecule has 150 valence electrons. The Labute approximate surface area is 171 Å². The number of nitrogens with one attached hydrogen (secondary N) is 3. The first-order valence-corrected chi connectivity index (χ1v) is 10.3. The van der Waals surface area contributed by atoms with E-state index in [2.05, 4.69) is 20.9 Å². The molecule has 2 aliphatic heterocycles. The van der Waals surface area contributed by atoms with Crippen molar-refractivity contribution in [1.29, 1.82) is 0 Å². The number of imide groups is 1. The number of hydrogen-bond donors (Lipinski definition) is 3. The molecule has 26 heavy (non-hydrogen) atoms. The summed E-state index contributed by atoms with van der Waals surface area (Å²) >= 11 is 0. The van der Waals surface area contributed by atoms with E-state index >= 15 is 0 Å². The first kappa shape index (κ1) is 22.9. The first-order chi connectivity index (χ1) is 11.7. The quantitative estimate of drug-likeness (QED) is 0.210. The second-order valence-corrected chi connectivity index (χ2v) is 9.06. The molecule has 1 unspecified atom stereocenters. The fraction of sp³-hybridized carbons (Fsp3) is 0.800. The van der Waals surface area contributed by atoms with Gasteiger partial charge < -0.3 is 15.5 Å². The minimum atomic E-state index is -3.01. The highest BCUT2D eigenvalue weighted by molar-refractivity contribution is 14.0. The monoisotopic (exact) mass is 501 g/mol. The summed E-state index contributed by atoms with van der Waals surface area (Å²) in [6.45, 7) is 5.08. The van der Waals surface area contributed by atoms with Gasteiger partial charge in [-0.1, -0.05) is 6.92 Å². The maximum absolute atomic E-state index is 12.0. The molecule has 0 saturated carbocycles. The second kappa shape index (κ2) is 9.20. The lowest BCUT2D eigenvalue weighted by Gasteiger charge is -2.39. The Kier molecular flexibility index (Phi) is 8.11. The van der Waals surface area contributed by atoms with Crippen LogP contribution in [0.25, 0.3) is 0 Å². The van der Waals surface area contributed by atoms with Gasteiger partial charge in [-0.15, -0.1) is 24.0 Å². The summed E-state index contributed by atoms with van der Waals surface area (Å²) in [5.74, 6) is 0.640. The Morgan fingerprint density at radius 3 is 2.42 bits per heavy atom. The van der Waals surface area contributed by atoms with E-state index in [4.69, 9.17) is 0 Å². The number of hydrogen-bond acceptors (Lipinski definition) is 5. The van der Waals surface area contributed by atoms with Crippen LogP contribution in [0.1, 0.15) is 26.7 Å². The Balaban J connectivity index is 0.00000338. The normalized spacial score (nSPS) is 24.7. The molecular formula is C15H28IN5O4S. The topological polar surface area (TPSA) is 120 Å². The molecule has 3 amide bonds. The number of sulfone groups is 1. The predicted molar refractivity (Wildman–Crippen MR) is 110 cm³/mol. The highest BCUT2D eigenvalue weighted by Crippen LogP contribution is 2.30. The molecule has 0 radical (unpaired) electrons. The summed E-state index contributed by atoms with van der Waals surface area (Å²) in [4.78, 5) is 29.7. The number of carbonyl (C=O) groups excluding carboxylic acids is 2. The number of halogens is 1. The maximum atomic E-state index is 12.0. The number of carbonyl (C=O) groups is 2. The van der Waals surface area contributed by atoms with E-state index < -0.39 is 21.4 Å². The maximum Gasteiger partial charge on any atom is 0.322 e. The molecule has 0 aromatic carbocycles. The fourth-order valence-corrected chi connectivity index (χ4v) is 4.01. The molecule has 11 heteroatoms. The summed E-state index contributed by atoms with van der Waals surface area (Å²) in [5, 5.41) is 8.12. The third-order valence-electron chi connectivity index (χ3n) is 5.03. The van der Waals surface area contributed by atoms with Gasteiger partial charge >= 0.3 is 6.03 Å². The Bertz CT molecular complexity index is 661. The molecule has 2 rings (SSSR count). The molecule has 2 saturated heterocycles. The van der Waals surface area contributed by atoms with Crippen LogP contribution in [-0.2, 0) is 14.6 Å². The lowest BCUT2D eigenvalue weighted by molar-refractivity contribution is -0.125. The number of amides is 3. The van der Waals surface area contributed by atoms with E-state index in [-0.39, 0.29) is 47.3 Å². The number of rotatable bonds is 5. The van der Waals surface area contributed by atoms with Crippen molar-refractivity contribution in [2.75, 3.05) is 38.2 Å². The van der Waals surface area contributed by atoms with Crippen LogP contribution in [0.4, 0.5) is 4.79 Å². The van der Waals surface area contributed by atoms with Gasteiger partial charge in [-0.2, -0.15) is 0 Å². The lowest BCUT2D eigenvalue weighted by Crippen LogP contribution is -2.55. The van der Waals surface area contributed by atoms with Gasteiger partial charge in [-0.25, -0.2) is 13.2 Å². The number of aliphatic imine (C=N–C) groups is 1. The van der Waals surface area contributed by atoms with Crippen LogP contribution >= 0.6 is 24.0 Å². The minimum absolute atomic E-state index is 0. The number of guanidine groups is 1. The molecule has 2 heterocycles. The van der Waals surface area contributed by atoms with E-state index in [1.807, 2.05) is 4.90 Å². The van der Waals surface area contributed by atoms with E-state index in [0.717, 1.165) is 12.8 Å². The van der Waals surface area contributed by atoms with Gasteiger partial charge in [0.1, 0.15) is 5.54 Å². The van der Waals surface area contributed by atoms with Crippen LogP contribution in [0.2, 0.25) is 0 Å². The van der Waals surface area contributed by atoms with Gasteiger partial charge in [0, 0.05) is 32.4 Å². The molecule has 0 spiro atoms. The van der Waals surface area contributed by atoms with Gasteiger partial charge in [0.25, 0.3) is 5.91 Å². The van der Waals surface area contributed by atoms with Crippen LogP contribution < -0.4 is 16.0 Å². The van der Waals surface area contributed by atoms with Crippen LogP contribution in [0, 0.1) is 5.92 Å². The summed E-state index contributed by atoms with van der Waals surface area (Å²) < 4.78 is 23.1. The van der Waals surface area contributed by atoms with E-state index in [9.17, 15) is 18.0 Å². The largest absolute Gasteiger partial charge is 0.355 e. The van der Waals surface area contributed by atoms with Crippen molar-refractivity contribution in [3.05, 3.63) is 0 Å². The molecule has 9 nitrogen and oxygen atoms in total. The average molecular weight is 501 g/mol. The molecule has 0 aromatic heterocycles. The van der Waals surface area contributed by atoms with Gasteiger partial charge in [0.15, 0.2) is 15.8 Å². The summed E-state index contributed by atoms with van der Waals surface area (Å²) in [5.41, 5.74) is -0.866. The van der Waals surface area contributed by atoms with Crippen molar-refractivity contribution < 1.29 is 18.0 Å². The van der Waals surface area contributed by atoms with Gasteiger partial charge in [0.2, 0.25) is 0 Å². The van der Waals surface area contributed by atoms with Crippen molar-refractivity contribution in [2.45, 2.75) is 32.2 Å². The number of urea groups is 1. The minimum Gasteiger partial charge on any atom is -0.355 e. The van der Waals surface area contributed by atoms with Gasteiger partial charge in [-0.05, 0) is 25.7 Å². The molecule has 0 bridgehead atoms. The second-order valence-electron chi connectivity index (χ2n) is 6.58. The predicted octanol–water partition coefficient (Wildman–Crippen LogP) is -0.0754. The molecule has 0 aromatic rings. The van der Waals surface area contributed by atoms with Crippen molar-refractivity contribution in [1.82, 2.24) is 20.9 Å². The van der Waals surface area contributed by atoms with Gasteiger partial charge in [-0.3, -0.25) is 15.1 Å². The summed E-state index contributed by atoms with van der Waals surface area (Å²) in [7, 11) is -1.35. The zero-order chi connectivity index (χ0) is 18.7. The van der Waals surface area contributed by atoms with Crippen LogP contribution in [0.3, 0.4) is 0 Å². The smallest absolute Gasteiger partial charge is 0.322 e. The van der Waals surface area contributed by atoms with Crippen LogP contribution in [0.5, 0.6) is 0 Å². The van der Waals surface area contributed by atoms with Crippen LogP contribution in [0.15, 0.2) is 4.99 Å². The fourth-order valence-electron chi connectivity index (χ4n) is 3.31. The highest BCUT2D eigenvalue weighted by Gasteiger charge is 2.48. The standard InChI is InChI=1S/C15H27N5O4S.HI/c1-4-25(23,24)10-7-17-13(16-3)20-8-5-11(6-9-20)15(2)12(21)18-14(22)19-15;/h11H,4-10H2,1-3H3,(H,16,17)(H2,18,19,21,22);1H. The Morgan fingerprint density at radius 1 is 1.35 bits per heavy atom. The molecule has 1 atom stereocenters. The number of piperidine rings is 1. The lowest BCUT2D eigenvalue weighted by atomic mass is 9.79. The average Bonchev–Trinajstić information content (AvgIpc) is 2.85. The zero-order valence-corrected chi connectivity index (χ0v) is 18.5. The van der Waals surface area contributed by atoms with E-state index in [1.54, 1.807) is 20.9 Å². The molecule has 0 aliphatic carbocycles. The van der Waals surface area contributed by atoms with Crippen molar-refractivity contribution in [2.24, 2.45) is 10.9 Å².